The van der Waals surface area contributed by atoms with Gasteiger partial charge in [-0.15, -0.1) is 12.4 Å². The largest absolute Gasteiger partial charge is 0.351 e. The van der Waals surface area contributed by atoms with Crippen molar-refractivity contribution in [3.05, 3.63) is 35.9 Å². The van der Waals surface area contributed by atoms with Crippen LogP contribution >= 0.6 is 12.4 Å². The van der Waals surface area contributed by atoms with Crippen LogP contribution in [0.5, 0.6) is 0 Å². The molecule has 110 valence electrons. The van der Waals surface area contributed by atoms with Crippen LogP contribution in [0.15, 0.2) is 30.3 Å². The minimum atomic E-state index is -0.302. The van der Waals surface area contributed by atoms with Gasteiger partial charge in [0.1, 0.15) is 0 Å². The molecule has 0 bridgehead atoms. The van der Waals surface area contributed by atoms with Crippen molar-refractivity contribution in [2.45, 2.75) is 50.1 Å². The lowest BCUT2D eigenvalue weighted by atomic mass is 9.93. The summed E-state index contributed by atoms with van der Waals surface area (Å²) in [6.07, 6.45) is 4.03. The summed E-state index contributed by atoms with van der Waals surface area (Å²) in [5.74, 6) is 0.719. The minimum absolute atomic E-state index is 0. The van der Waals surface area contributed by atoms with Crippen molar-refractivity contribution < 1.29 is 4.79 Å². The second-order valence-electron chi connectivity index (χ2n) is 5.80. The molecule has 3 unspecified atom stereocenters. The third kappa shape index (κ3) is 2.84. The predicted molar refractivity (Wildman–Crippen MR) is 83.2 cm³/mol. The molecule has 1 heterocycles. The van der Waals surface area contributed by atoms with Crippen LogP contribution in [0.2, 0.25) is 0 Å². The Bertz CT molecular complexity index is 457. The van der Waals surface area contributed by atoms with Gasteiger partial charge in [-0.05, 0) is 37.8 Å². The number of hydrogen-bond donors (Lipinski definition) is 2. The first kappa shape index (κ1) is 15.3. The van der Waals surface area contributed by atoms with Gasteiger partial charge in [0.25, 0.3) is 0 Å². The lowest BCUT2D eigenvalue weighted by Crippen LogP contribution is -2.53. The standard InChI is InChI=1S/C16H22N2O.ClH/c1-2-16(9-6-10-17-16)15(19)18-14-11-13(14)12-7-4-3-5-8-12;/h3-5,7-8,13-14,17H,2,6,9-11H2,1H3,(H,18,19);1H. The Morgan fingerprint density at radius 2 is 2.15 bits per heavy atom. The molecule has 0 aromatic heterocycles. The van der Waals surface area contributed by atoms with Crippen molar-refractivity contribution in [2.24, 2.45) is 0 Å². The van der Waals surface area contributed by atoms with E-state index in [2.05, 4.69) is 41.8 Å². The minimum Gasteiger partial charge on any atom is -0.351 e. The topological polar surface area (TPSA) is 41.1 Å². The molecule has 4 heteroatoms. The molecule has 3 rings (SSSR count). The molecular formula is C16H23ClN2O. The van der Waals surface area contributed by atoms with E-state index in [9.17, 15) is 4.79 Å². The van der Waals surface area contributed by atoms with Gasteiger partial charge in [0.15, 0.2) is 0 Å². The van der Waals surface area contributed by atoms with Gasteiger partial charge in [0.05, 0.1) is 5.54 Å². The molecule has 0 radical (unpaired) electrons. The third-order valence-electron chi connectivity index (χ3n) is 4.62. The Labute approximate surface area is 126 Å². The summed E-state index contributed by atoms with van der Waals surface area (Å²) < 4.78 is 0. The first-order valence-corrected chi connectivity index (χ1v) is 7.36. The fourth-order valence-corrected chi connectivity index (χ4v) is 3.19. The average Bonchev–Trinajstić information content (AvgIpc) is 3.04. The summed E-state index contributed by atoms with van der Waals surface area (Å²) in [5, 5.41) is 6.63. The molecule has 1 aromatic rings. The molecule has 1 amide bonds. The number of benzene rings is 1. The zero-order valence-electron chi connectivity index (χ0n) is 11.9. The van der Waals surface area contributed by atoms with Crippen molar-refractivity contribution in [2.75, 3.05) is 6.54 Å². The number of rotatable bonds is 4. The zero-order chi connectivity index (χ0) is 13.3. The maximum absolute atomic E-state index is 12.5. The van der Waals surface area contributed by atoms with Crippen LogP contribution in [0.3, 0.4) is 0 Å². The number of amides is 1. The van der Waals surface area contributed by atoms with Crippen LogP contribution in [0, 0.1) is 0 Å². The zero-order valence-corrected chi connectivity index (χ0v) is 12.7. The van der Waals surface area contributed by atoms with Crippen LogP contribution in [-0.2, 0) is 4.79 Å². The van der Waals surface area contributed by atoms with Gasteiger partial charge in [-0.3, -0.25) is 4.79 Å². The van der Waals surface area contributed by atoms with Gasteiger partial charge >= 0.3 is 0 Å². The van der Waals surface area contributed by atoms with Crippen molar-refractivity contribution in [1.29, 1.82) is 0 Å². The fourth-order valence-electron chi connectivity index (χ4n) is 3.19. The molecule has 2 fully saturated rings. The SMILES string of the molecule is CCC1(C(=O)NC2CC2c2ccccc2)CCCN1.Cl. The van der Waals surface area contributed by atoms with Crippen LogP contribution in [0.25, 0.3) is 0 Å². The quantitative estimate of drug-likeness (QED) is 0.896. The van der Waals surface area contributed by atoms with Gasteiger partial charge in [-0.2, -0.15) is 0 Å². The summed E-state index contributed by atoms with van der Waals surface area (Å²) in [6.45, 7) is 3.06. The highest BCUT2D eigenvalue weighted by Gasteiger charge is 2.45. The number of carbonyl (C=O) groups excluding carboxylic acids is 1. The van der Waals surface area contributed by atoms with Crippen molar-refractivity contribution in [3.63, 3.8) is 0 Å². The van der Waals surface area contributed by atoms with Crippen LogP contribution in [-0.4, -0.2) is 24.0 Å². The van der Waals surface area contributed by atoms with E-state index in [1.165, 1.54) is 5.56 Å². The van der Waals surface area contributed by atoms with E-state index in [0.29, 0.717) is 12.0 Å². The lowest BCUT2D eigenvalue weighted by molar-refractivity contribution is -0.127. The summed E-state index contributed by atoms with van der Waals surface area (Å²) >= 11 is 0. The van der Waals surface area contributed by atoms with Gasteiger partial charge in [-0.25, -0.2) is 0 Å². The molecule has 1 saturated heterocycles. The fraction of sp³-hybridized carbons (Fsp3) is 0.562. The summed E-state index contributed by atoms with van der Waals surface area (Å²) in [6, 6.07) is 10.8. The van der Waals surface area contributed by atoms with Crippen molar-refractivity contribution >= 4 is 18.3 Å². The normalized spacial score (nSPS) is 31.4. The summed E-state index contributed by atoms with van der Waals surface area (Å²) in [7, 11) is 0. The number of hydrogen-bond acceptors (Lipinski definition) is 2. The van der Waals surface area contributed by atoms with Gasteiger partial charge in [-0.1, -0.05) is 37.3 Å². The van der Waals surface area contributed by atoms with E-state index in [1.807, 2.05) is 6.07 Å². The van der Waals surface area contributed by atoms with Gasteiger partial charge < -0.3 is 10.6 Å². The highest BCUT2D eigenvalue weighted by Crippen LogP contribution is 2.41. The monoisotopic (exact) mass is 294 g/mol. The second-order valence-corrected chi connectivity index (χ2v) is 5.80. The maximum Gasteiger partial charge on any atom is 0.240 e. The molecule has 1 aromatic carbocycles. The number of halogens is 1. The Morgan fingerprint density at radius 1 is 1.40 bits per heavy atom. The molecular weight excluding hydrogens is 272 g/mol. The Morgan fingerprint density at radius 3 is 2.75 bits per heavy atom. The lowest BCUT2D eigenvalue weighted by Gasteiger charge is -2.26. The molecule has 1 saturated carbocycles. The van der Waals surface area contributed by atoms with Crippen LogP contribution in [0.1, 0.15) is 44.1 Å². The maximum atomic E-state index is 12.5. The average molecular weight is 295 g/mol. The molecule has 1 aliphatic carbocycles. The first-order chi connectivity index (χ1) is 9.25. The molecule has 2 aliphatic rings. The number of carbonyl (C=O) groups is 1. The highest BCUT2D eigenvalue weighted by molar-refractivity contribution is 5.87. The molecule has 3 nitrogen and oxygen atoms in total. The van der Waals surface area contributed by atoms with E-state index >= 15 is 0 Å². The highest BCUT2D eigenvalue weighted by atomic mass is 35.5. The van der Waals surface area contributed by atoms with Crippen molar-refractivity contribution in [1.82, 2.24) is 10.6 Å². The molecule has 1 aliphatic heterocycles. The molecule has 2 N–H and O–H groups in total. The van der Waals surface area contributed by atoms with E-state index in [0.717, 1.165) is 32.2 Å². The molecule has 20 heavy (non-hydrogen) atoms. The van der Waals surface area contributed by atoms with E-state index in [1.54, 1.807) is 0 Å². The molecule has 3 atom stereocenters. The molecule has 0 spiro atoms. The Hall–Kier alpha value is -1.06. The van der Waals surface area contributed by atoms with Crippen molar-refractivity contribution in [3.8, 4) is 0 Å². The predicted octanol–water partition coefficient (Wildman–Crippen LogP) is 2.61. The van der Waals surface area contributed by atoms with E-state index < -0.39 is 0 Å². The summed E-state index contributed by atoms with van der Waals surface area (Å²) in [4.78, 5) is 12.5. The Balaban J connectivity index is 0.00000147. The smallest absolute Gasteiger partial charge is 0.240 e. The first-order valence-electron chi connectivity index (χ1n) is 7.36. The van der Waals surface area contributed by atoms with E-state index in [-0.39, 0.29) is 23.9 Å². The number of nitrogens with one attached hydrogen (secondary N) is 2. The van der Waals surface area contributed by atoms with Crippen LogP contribution < -0.4 is 10.6 Å². The second kappa shape index (κ2) is 6.15. The van der Waals surface area contributed by atoms with Gasteiger partial charge in [0, 0.05) is 12.0 Å². The van der Waals surface area contributed by atoms with Crippen LogP contribution in [0.4, 0.5) is 0 Å². The Kier molecular flexibility index (Phi) is 4.71. The summed E-state index contributed by atoms with van der Waals surface area (Å²) in [5.41, 5.74) is 1.04. The van der Waals surface area contributed by atoms with E-state index in [4.69, 9.17) is 0 Å². The van der Waals surface area contributed by atoms with Gasteiger partial charge in [0.2, 0.25) is 5.91 Å². The third-order valence-corrected chi connectivity index (χ3v) is 4.62.